The molecule has 18 nitrogen and oxygen atoms in total. The quantitative estimate of drug-likeness (QED) is 0.0290. The van der Waals surface area contributed by atoms with Gasteiger partial charge in [0.2, 0.25) is 0 Å². The maximum Gasteiger partial charge on any atom is 0 e. The van der Waals surface area contributed by atoms with E-state index in [9.17, 15) is 39.6 Å². The van der Waals surface area contributed by atoms with E-state index >= 15 is 0 Å². The van der Waals surface area contributed by atoms with Gasteiger partial charge in [-0.05, 0) is 72.8 Å². The first-order chi connectivity index (χ1) is 33.6. The van der Waals surface area contributed by atoms with E-state index < -0.39 is 34.8 Å². The first-order valence-electron chi connectivity index (χ1n) is 19.9. The molecule has 1 radical (unpaired) electrons. The van der Waals surface area contributed by atoms with Crippen molar-refractivity contribution in [1.82, 2.24) is 10.6 Å². The Morgan fingerprint density at radius 1 is 0.438 bits per heavy atom. The van der Waals surface area contributed by atoms with E-state index in [4.69, 9.17) is 49.2 Å². The number of aromatic hydroxyl groups is 4. The molecule has 2 aliphatic heterocycles. The number of nitrogens with zero attached hydrogens (tertiary/aromatic N) is 4. The Morgan fingerprint density at radius 2 is 0.630 bits per heavy atom. The van der Waals surface area contributed by atoms with Crippen LogP contribution in [0.5, 0.6) is 46.0 Å². The smallest absolute Gasteiger partial charge is 0 e. The number of hydrogen-bond acceptors (Lipinski definition) is 16. The van der Waals surface area contributed by atoms with E-state index in [0.29, 0.717) is 22.3 Å². The average Bonchev–Trinajstić information content (AvgIpc) is 3.79. The van der Waals surface area contributed by atoms with Crippen LogP contribution in [0, 0.1) is 7.43 Å². The number of carbonyl (C=O) groups excluding carboxylic acids is 4. The van der Waals surface area contributed by atoms with Crippen LogP contribution in [0.1, 0.15) is 63.7 Å². The fourth-order valence-corrected chi connectivity index (χ4v) is 6.58. The average molecular weight is 1210 g/mol. The SMILES string of the molecule is COc1cccc(C=Nc2cc3c(cc2N=Cc2cccc(OC)c2O)C(=O)NC3=O)c1O.COc1cccc(C=Nc2cc3c(cc2N=Cc2cccc(OC)c2O)C(=O)NC3=O)c1O.[CH3-].[Cl][Fe]([Cl])[Cl].[Fe].[Y]. The minimum Gasteiger partial charge on any atom is 0 e. The van der Waals surface area contributed by atoms with E-state index in [2.05, 4.69) is 30.6 Å². The third-order valence-corrected chi connectivity index (χ3v) is 10.0. The fourth-order valence-electron chi connectivity index (χ4n) is 6.58. The molecule has 380 valence electrons. The van der Waals surface area contributed by atoms with Gasteiger partial charge in [-0.15, -0.1) is 0 Å². The van der Waals surface area contributed by atoms with E-state index in [1.807, 2.05) is 0 Å². The van der Waals surface area contributed by atoms with Crippen molar-refractivity contribution < 1.29 is 119 Å². The third kappa shape index (κ3) is 14.9. The second-order valence-electron chi connectivity index (χ2n) is 14.1. The number of carbonyl (C=O) groups is 4. The number of halogens is 3. The summed E-state index contributed by atoms with van der Waals surface area (Å²) in [5.74, 6) is -1.37. The number of aliphatic imine (C=N–C) groups is 4. The normalized spacial score (nSPS) is 12.3. The molecule has 0 atom stereocenters. The number of rotatable bonds is 12. The van der Waals surface area contributed by atoms with Crippen LogP contribution in [0.3, 0.4) is 0 Å². The van der Waals surface area contributed by atoms with Crippen molar-refractivity contribution >= 4 is 102 Å². The second-order valence-corrected chi connectivity index (χ2v) is 19.6. The Kier molecular flexibility index (Phi) is 23.6. The molecule has 0 bridgehead atoms. The van der Waals surface area contributed by atoms with Crippen LogP contribution in [0.25, 0.3) is 0 Å². The molecule has 6 N–H and O–H groups in total. The van der Waals surface area contributed by atoms with Crippen LogP contribution in [0.2, 0.25) is 0 Å². The van der Waals surface area contributed by atoms with E-state index in [1.54, 1.807) is 72.8 Å². The molecule has 2 heterocycles. The van der Waals surface area contributed by atoms with Gasteiger partial charge in [-0.2, -0.15) is 0 Å². The molecule has 2 aliphatic rings. The van der Waals surface area contributed by atoms with Gasteiger partial charge >= 0.3 is 41.5 Å². The number of hydrogen-bond donors (Lipinski definition) is 6. The number of amides is 4. The second kappa shape index (κ2) is 28.2. The molecule has 0 aromatic heterocycles. The summed E-state index contributed by atoms with van der Waals surface area (Å²) in [6.45, 7) is 0. The number of para-hydroxylation sites is 4. The van der Waals surface area contributed by atoms with Gasteiger partial charge in [0.1, 0.15) is 0 Å². The van der Waals surface area contributed by atoms with Gasteiger partial charge in [0.25, 0.3) is 23.6 Å². The van der Waals surface area contributed by atoms with Crippen LogP contribution < -0.4 is 29.6 Å². The van der Waals surface area contributed by atoms with Crippen molar-refractivity contribution in [2.45, 2.75) is 0 Å². The summed E-state index contributed by atoms with van der Waals surface area (Å²) in [7, 11) is 20.4. The molecule has 8 rings (SSSR count). The first kappa shape index (κ1) is 61.0. The minimum atomic E-state index is -1.33. The van der Waals surface area contributed by atoms with Crippen LogP contribution in [0.4, 0.5) is 22.7 Å². The summed E-state index contributed by atoms with van der Waals surface area (Å²) in [4.78, 5) is 66.0. The largest absolute Gasteiger partial charge is 0 e. The topological polar surface area (TPSA) is 260 Å². The molecule has 0 unspecified atom stereocenters. The zero-order chi connectivity index (χ0) is 50.6. The number of nitrogens with one attached hydrogen (secondary N) is 2. The van der Waals surface area contributed by atoms with Crippen molar-refractivity contribution in [3.63, 3.8) is 0 Å². The zero-order valence-corrected chi connectivity index (χ0v) is 46.1. The first-order valence-corrected chi connectivity index (χ1v) is 24.5. The Bertz CT molecular complexity index is 2750. The van der Waals surface area contributed by atoms with Crippen molar-refractivity contribution in [3.8, 4) is 46.0 Å². The Hall–Kier alpha value is -6.31. The summed E-state index contributed by atoms with van der Waals surface area (Å²) in [6.07, 6.45) is 5.60. The number of phenolic OH excluding ortho intramolecular Hbond substituents is 4. The van der Waals surface area contributed by atoms with Crippen LogP contribution in [-0.2, 0) is 60.9 Å². The molecule has 0 saturated heterocycles. The minimum absolute atomic E-state index is 0. The molecule has 6 aromatic rings. The van der Waals surface area contributed by atoms with Gasteiger partial charge in [0.15, 0.2) is 46.0 Å². The summed E-state index contributed by atoms with van der Waals surface area (Å²) < 4.78 is 20.4. The fraction of sp³-hybridized carbons (Fsp3) is 0.0816. The van der Waals surface area contributed by atoms with E-state index in [1.165, 1.54) is 77.6 Å². The maximum atomic E-state index is 12.1. The van der Waals surface area contributed by atoms with Gasteiger partial charge in [-0.1, -0.05) is 24.3 Å². The van der Waals surface area contributed by atoms with E-state index in [-0.39, 0.29) is 148 Å². The van der Waals surface area contributed by atoms with Gasteiger partial charge in [0, 0.05) is 96.9 Å². The van der Waals surface area contributed by atoms with Crippen LogP contribution in [-0.4, -0.2) is 97.4 Å². The molecule has 73 heavy (non-hydrogen) atoms. The standard InChI is InChI=1S/2C24H19N3O6.CH3.3ClH.2Fe.Y/c2*1-32-19-7-3-5-13(21(19)28)11-25-17-9-15-16(24(31)27-23(15)30)10-18(17)26-12-14-6-4-8-20(33-2)22(14)29;;;;;;;/h2*3-12,28-29H,1-2H3,(H,27,30,31);1H3;3*1H;;;/q;;-1;;;;;+3;/p-3. The molecule has 0 fully saturated rings. The number of ether oxygens (including phenoxy) is 4. The van der Waals surface area contributed by atoms with Crippen LogP contribution in [0.15, 0.2) is 117 Å². The van der Waals surface area contributed by atoms with Crippen molar-refractivity contribution in [2.75, 3.05) is 28.4 Å². The third-order valence-electron chi connectivity index (χ3n) is 10.0. The number of fused-ring (bicyclic) bond motifs is 2. The molecule has 6 aromatic carbocycles. The van der Waals surface area contributed by atoms with Crippen molar-refractivity contribution in [2.24, 2.45) is 20.0 Å². The van der Waals surface area contributed by atoms with Gasteiger partial charge < -0.3 is 46.8 Å². The molecule has 0 spiro atoms. The molecule has 4 amide bonds. The molecule has 0 saturated carbocycles. The van der Waals surface area contributed by atoms with Gasteiger partial charge in [-0.25, -0.2) is 0 Å². The van der Waals surface area contributed by atoms with Crippen molar-refractivity contribution in [3.05, 3.63) is 149 Å². The summed E-state index contributed by atoms with van der Waals surface area (Å²) in [6, 6.07) is 25.5. The monoisotopic (exact) mass is 1210 g/mol. The van der Waals surface area contributed by atoms with Crippen LogP contribution >= 0.6 is 30.3 Å². The number of benzene rings is 6. The number of imide groups is 2. The Balaban J connectivity index is 0.000000346. The molecule has 0 aliphatic carbocycles. The summed E-state index contributed by atoms with van der Waals surface area (Å²) >= 11 is -1.33. The van der Waals surface area contributed by atoms with Crippen molar-refractivity contribution in [1.29, 1.82) is 0 Å². The number of methoxy groups -OCH3 is 4. The summed E-state index contributed by atoms with van der Waals surface area (Å²) in [5.41, 5.74) is 3.33. The van der Waals surface area contributed by atoms with Gasteiger partial charge in [-0.3, -0.25) is 49.8 Å². The van der Waals surface area contributed by atoms with E-state index in [0.717, 1.165) is 0 Å². The predicted molar refractivity (Wildman–Crippen MR) is 268 cm³/mol. The number of phenols is 4. The molecular weight excluding hydrogens is 1170 g/mol. The van der Waals surface area contributed by atoms with Gasteiger partial charge in [0.05, 0.1) is 73.4 Å². The zero-order valence-electron chi connectivity index (χ0n) is 38.8. The Morgan fingerprint density at radius 3 is 0.808 bits per heavy atom. The summed E-state index contributed by atoms with van der Waals surface area (Å²) in [5, 5.41) is 45.7. The molecular formula is C49H41Cl3Fe2N6O12Y-. The maximum absolute atomic E-state index is 12.1. The predicted octanol–water partition coefficient (Wildman–Crippen LogP) is 9.51. The Labute approximate surface area is 471 Å². The molecule has 24 heteroatoms.